The van der Waals surface area contributed by atoms with Crippen molar-refractivity contribution in [2.75, 3.05) is 0 Å². The molecule has 0 bridgehead atoms. The number of hydrogen-bond acceptors (Lipinski definition) is 0. The van der Waals surface area contributed by atoms with Gasteiger partial charge in [-0.3, -0.25) is 0 Å². The molecule has 0 spiro atoms. The number of hydrogen-bond donors (Lipinski definition) is 0. The summed E-state index contributed by atoms with van der Waals surface area (Å²) in [4.78, 5) is 0. The third-order valence-electron chi connectivity index (χ3n) is 3.22. The van der Waals surface area contributed by atoms with Crippen molar-refractivity contribution in [3.05, 3.63) is 0 Å². The van der Waals surface area contributed by atoms with Crippen LogP contribution in [0.5, 0.6) is 0 Å². The Morgan fingerprint density at radius 1 is 0.556 bits per heavy atom. The molecule has 0 heteroatoms. The Morgan fingerprint density at radius 3 is 1.56 bits per heavy atom. The summed E-state index contributed by atoms with van der Waals surface area (Å²) in [5, 5.41) is 0. The molecule has 9 heavy (non-hydrogen) atoms. The zero-order valence-corrected chi connectivity index (χ0v) is 6.10. The molecular formula is C9H16. The normalized spacial score (nSPS) is 42.7. The van der Waals surface area contributed by atoms with Gasteiger partial charge in [0.1, 0.15) is 0 Å². The molecule has 0 aromatic heterocycles. The van der Waals surface area contributed by atoms with E-state index in [4.69, 9.17) is 0 Å². The summed E-state index contributed by atoms with van der Waals surface area (Å²) in [6.07, 6.45) is 10.8. The highest BCUT2D eigenvalue weighted by molar-refractivity contribution is 4.80. The summed E-state index contributed by atoms with van der Waals surface area (Å²) in [5.74, 6) is 2.33. The molecule has 2 aliphatic carbocycles. The summed E-state index contributed by atoms with van der Waals surface area (Å²) in [5.41, 5.74) is 0. The second kappa shape index (κ2) is 2.32. The number of rotatable bonds is 0. The average molecular weight is 124 g/mol. The van der Waals surface area contributed by atoms with E-state index < -0.39 is 0 Å². The predicted octanol–water partition coefficient (Wildman–Crippen LogP) is 2.98. The molecule has 0 aromatic carbocycles. The first-order chi connectivity index (χ1) is 4.47. The third-order valence-corrected chi connectivity index (χ3v) is 3.22. The SMILES string of the molecule is C1CC[C@H]2CCC[C@@H]2C1. The van der Waals surface area contributed by atoms with Gasteiger partial charge in [0.05, 0.1) is 0 Å². The lowest BCUT2D eigenvalue weighted by atomic mass is 9.82. The first kappa shape index (κ1) is 5.76. The standard InChI is InChI=1S/C9H16/c1-2-5-9-7-3-6-8(9)4-1/h8-9H,1-7H2/t8-,9-/m0/s1. The van der Waals surface area contributed by atoms with E-state index in [1.54, 1.807) is 25.7 Å². The summed E-state index contributed by atoms with van der Waals surface area (Å²) in [6, 6.07) is 0. The Bertz CT molecular complexity index is 84.2. The van der Waals surface area contributed by atoms with Gasteiger partial charge in [-0.15, -0.1) is 0 Å². The van der Waals surface area contributed by atoms with Crippen LogP contribution in [0.2, 0.25) is 0 Å². The van der Waals surface area contributed by atoms with Crippen LogP contribution in [0, 0.1) is 11.8 Å². The molecule has 2 rings (SSSR count). The van der Waals surface area contributed by atoms with Crippen molar-refractivity contribution < 1.29 is 0 Å². The summed E-state index contributed by atoms with van der Waals surface area (Å²) < 4.78 is 0. The van der Waals surface area contributed by atoms with Crippen LogP contribution in [0.4, 0.5) is 0 Å². The molecule has 0 aliphatic heterocycles. The quantitative estimate of drug-likeness (QED) is 0.465. The second-order valence-electron chi connectivity index (χ2n) is 3.74. The summed E-state index contributed by atoms with van der Waals surface area (Å²) in [7, 11) is 0. The molecule has 0 N–H and O–H groups in total. The average Bonchev–Trinajstić information content (AvgIpc) is 2.33. The van der Waals surface area contributed by atoms with Gasteiger partial charge in [0.15, 0.2) is 0 Å². The van der Waals surface area contributed by atoms with Gasteiger partial charge in [-0.1, -0.05) is 44.9 Å². The predicted molar refractivity (Wildman–Crippen MR) is 39.3 cm³/mol. The van der Waals surface area contributed by atoms with Gasteiger partial charge in [-0.05, 0) is 11.8 Å². The highest BCUT2D eigenvalue weighted by Crippen LogP contribution is 2.41. The van der Waals surface area contributed by atoms with Crippen LogP contribution in [0.25, 0.3) is 0 Å². The molecule has 0 nitrogen and oxygen atoms in total. The summed E-state index contributed by atoms with van der Waals surface area (Å²) >= 11 is 0. The maximum absolute atomic E-state index is 1.56. The largest absolute Gasteiger partial charge is 0.0530 e. The van der Waals surface area contributed by atoms with Gasteiger partial charge in [-0.25, -0.2) is 0 Å². The zero-order valence-electron chi connectivity index (χ0n) is 6.10. The Morgan fingerprint density at radius 2 is 1.00 bits per heavy atom. The third kappa shape index (κ3) is 0.997. The second-order valence-corrected chi connectivity index (χ2v) is 3.74. The molecule has 2 saturated carbocycles. The first-order valence-corrected chi connectivity index (χ1v) is 4.47. The molecule has 2 atom stereocenters. The van der Waals surface area contributed by atoms with Crippen molar-refractivity contribution in [2.45, 2.75) is 44.9 Å². The molecule has 0 aromatic rings. The molecule has 0 saturated heterocycles. The van der Waals surface area contributed by atoms with E-state index in [1.165, 1.54) is 31.1 Å². The van der Waals surface area contributed by atoms with Gasteiger partial charge in [0.25, 0.3) is 0 Å². The van der Waals surface area contributed by atoms with E-state index >= 15 is 0 Å². The highest BCUT2D eigenvalue weighted by atomic mass is 14.3. The van der Waals surface area contributed by atoms with E-state index in [2.05, 4.69) is 0 Å². The van der Waals surface area contributed by atoms with Gasteiger partial charge in [0, 0.05) is 0 Å². The Hall–Kier alpha value is 0. The van der Waals surface area contributed by atoms with Crippen molar-refractivity contribution in [1.82, 2.24) is 0 Å². The molecule has 2 fully saturated rings. The van der Waals surface area contributed by atoms with Crippen LogP contribution < -0.4 is 0 Å². The molecular weight excluding hydrogens is 108 g/mol. The van der Waals surface area contributed by atoms with Gasteiger partial charge in [0.2, 0.25) is 0 Å². The minimum absolute atomic E-state index is 1.17. The van der Waals surface area contributed by atoms with Crippen LogP contribution in [-0.2, 0) is 0 Å². The van der Waals surface area contributed by atoms with Crippen LogP contribution >= 0.6 is 0 Å². The monoisotopic (exact) mass is 124 g/mol. The highest BCUT2D eigenvalue weighted by Gasteiger charge is 2.28. The maximum atomic E-state index is 1.56. The van der Waals surface area contributed by atoms with E-state index in [0.29, 0.717) is 0 Å². The molecule has 0 radical (unpaired) electrons. The topological polar surface area (TPSA) is 0 Å². The van der Waals surface area contributed by atoms with Crippen LogP contribution in [0.15, 0.2) is 0 Å². The maximum Gasteiger partial charge on any atom is -0.0386 e. The minimum Gasteiger partial charge on any atom is -0.0530 e. The lowest BCUT2D eigenvalue weighted by Gasteiger charge is -2.24. The van der Waals surface area contributed by atoms with Gasteiger partial charge >= 0.3 is 0 Å². The van der Waals surface area contributed by atoms with E-state index in [9.17, 15) is 0 Å². The Balaban J connectivity index is 1.97. The van der Waals surface area contributed by atoms with Crippen LogP contribution in [-0.4, -0.2) is 0 Å². The van der Waals surface area contributed by atoms with Gasteiger partial charge < -0.3 is 0 Å². The first-order valence-electron chi connectivity index (χ1n) is 4.47. The Kier molecular flexibility index (Phi) is 1.48. The fourth-order valence-corrected chi connectivity index (χ4v) is 2.69. The number of fused-ring (bicyclic) bond motifs is 1. The van der Waals surface area contributed by atoms with Crippen molar-refractivity contribution in [3.8, 4) is 0 Å². The van der Waals surface area contributed by atoms with Crippen LogP contribution in [0.1, 0.15) is 44.9 Å². The zero-order chi connectivity index (χ0) is 6.10. The lowest BCUT2D eigenvalue weighted by Crippen LogP contribution is -2.12. The van der Waals surface area contributed by atoms with Crippen molar-refractivity contribution in [3.63, 3.8) is 0 Å². The van der Waals surface area contributed by atoms with Crippen molar-refractivity contribution >= 4 is 0 Å². The Labute approximate surface area is 57.6 Å². The van der Waals surface area contributed by atoms with E-state index in [1.807, 2.05) is 0 Å². The smallest absolute Gasteiger partial charge is 0.0386 e. The molecule has 0 amide bonds. The van der Waals surface area contributed by atoms with Crippen molar-refractivity contribution in [1.29, 1.82) is 0 Å². The summed E-state index contributed by atoms with van der Waals surface area (Å²) in [6.45, 7) is 0. The van der Waals surface area contributed by atoms with Gasteiger partial charge in [-0.2, -0.15) is 0 Å². The lowest BCUT2D eigenvalue weighted by molar-refractivity contribution is 0.277. The fraction of sp³-hybridized carbons (Fsp3) is 1.00. The van der Waals surface area contributed by atoms with E-state index in [0.717, 1.165) is 0 Å². The molecule has 52 valence electrons. The van der Waals surface area contributed by atoms with Crippen molar-refractivity contribution in [2.24, 2.45) is 11.8 Å². The molecule has 2 aliphatic rings. The molecule has 0 unspecified atom stereocenters. The molecule has 0 heterocycles. The van der Waals surface area contributed by atoms with E-state index in [-0.39, 0.29) is 0 Å². The fourth-order valence-electron chi connectivity index (χ4n) is 2.69. The minimum atomic E-state index is 1.17. The van der Waals surface area contributed by atoms with Crippen LogP contribution in [0.3, 0.4) is 0 Å².